The third kappa shape index (κ3) is 4.41. The normalized spacial score (nSPS) is 11.9. The summed E-state index contributed by atoms with van der Waals surface area (Å²) in [6.45, 7) is 0.530. The molecule has 4 nitrogen and oxygen atoms in total. The van der Waals surface area contributed by atoms with E-state index in [0.717, 1.165) is 16.9 Å². The Bertz CT molecular complexity index is 566. The predicted octanol–water partition coefficient (Wildman–Crippen LogP) is 2.48. The zero-order valence-electron chi connectivity index (χ0n) is 12.0. The molecule has 1 atom stereocenters. The summed E-state index contributed by atoms with van der Waals surface area (Å²) in [7, 11) is 1.48. The Balaban J connectivity index is 1.94. The average Bonchev–Trinajstić information content (AvgIpc) is 2.54. The lowest BCUT2D eigenvalue weighted by Gasteiger charge is -2.12. The van der Waals surface area contributed by atoms with Crippen LogP contribution in [0.1, 0.15) is 17.2 Å². The van der Waals surface area contributed by atoms with Gasteiger partial charge >= 0.3 is 0 Å². The van der Waals surface area contributed by atoms with Crippen LogP contribution in [0.3, 0.4) is 0 Å². The molecule has 0 spiro atoms. The number of carbonyl (C=O) groups excluding carboxylic acids is 1. The van der Waals surface area contributed by atoms with Crippen LogP contribution in [-0.2, 0) is 16.1 Å². The van der Waals surface area contributed by atoms with Gasteiger partial charge in [0.05, 0.1) is 6.04 Å². The van der Waals surface area contributed by atoms with Crippen molar-refractivity contribution < 1.29 is 14.3 Å². The van der Waals surface area contributed by atoms with Gasteiger partial charge in [-0.1, -0.05) is 42.5 Å². The number of benzene rings is 2. The highest BCUT2D eigenvalue weighted by Gasteiger charge is 2.15. The highest BCUT2D eigenvalue weighted by atomic mass is 16.5. The maximum atomic E-state index is 11.7. The first-order valence-corrected chi connectivity index (χ1v) is 6.74. The number of Topliss-reactive ketones (excluding diaryl/α,β-unsaturated/α-hetero) is 1. The van der Waals surface area contributed by atoms with E-state index in [1.165, 1.54) is 7.11 Å². The number of methoxy groups -OCH3 is 1. The van der Waals surface area contributed by atoms with Gasteiger partial charge in [-0.3, -0.25) is 4.79 Å². The van der Waals surface area contributed by atoms with Crippen molar-refractivity contribution in [2.24, 2.45) is 5.73 Å². The molecule has 0 heterocycles. The lowest BCUT2D eigenvalue weighted by atomic mass is 10.0. The molecule has 2 aromatic carbocycles. The van der Waals surface area contributed by atoms with E-state index in [0.29, 0.717) is 6.61 Å². The van der Waals surface area contributed by atoms with Crippen molar-refractivity contribution in [3.8, 4) is 5.75 Å². The van der Waals surface area contributed by atoms with Gasteiger partial charge in [0.1, 0.15) is 19.0 Å². The lowest BCUT2D eigenvalue weighted by Crippen LogP contribution is -2.24. The molecule has 0 aliphatic carbocycles. The standard InChI is InChI=1S/C17H19NO3/c1-20-12-16(19)17(18)14-7-9-15(10-8-14)21-11-13-5-3-2-4-6-13/h2-10,17H,11-12,18H2,1H3. The Morgan fingerprint density at radius 2 is 1.76 bits per heavy atom. The predicted molar refractivity (Wildman–Crippen MR) is 81.0 cm³/mol. The van der Waals surface area contributed by atoms with E-state index in [-0.39, 0.29) is 12.4 Å². The summed E-state index contributed by atoms with van der Waals surface area (Å²) in [6.07, 6.45) is 0. The maximum Gasteiger partial charge on any atom is 0.179 e. The van der Waals surface area contributed by atoms with Crippen molar-refractivity contribution in [2.75, 3.05) is 13.7 Å². The number of carbonyl (C=O) groups is 1. The Kier molecular flexibility index (Phi) is 5.49. The van der Waals surface area contributed by atoms with Crippen LogP contribution in [0.4, 0.5) is 0 Å². The van der Waals surface area contributed by atoms with Gasteiger partial charge in [-0.2, -0.15) is 0 Å². The largest absolute Gasteiger partial charge is 0.489 e. The molecule has 2 rings (SSSR count). The number of hydrogen-bond acceptors (Lipinski definition) is 4. The van der Waals surface area contributed by atoms with Crippen molar-refractivity contribution in [2.45, 2.75) is 12.6 Å². The summed E-state index contributed by atoms with van der Waals surface area (Å²) in [5.74, 6) is 0.601. The van der Waals surface area contributed by atoms with E-state index in [2.05, 4.69) is 0 Å². The van der Waals surface area contributed by atoms with Crippen LogP contribution in [0, 0.1) is 0 Å². The highest BCUT2D eigenvalue weighted by molar-refractivity contribution is 5.86. The zero-order valence-corrected chi connectivity index (χ0v) is 12.0. The van der Waals surface area contributed by atoms with Crippen LogP contribution in [-0.4, -0.2) is 19.5 Å². The van der Waals surface area contributed by atoms with Gasteiger partial charge in [0.25, 0.3) is 0 Å². The Morgan fingerprint density at radius 1 is 1.10 bits per heavy atom. The molecule has 4 heteroatoms. The first-order valence-electron chi connectivity index (χ1n) is 6.74. The van der Waals surface area contributed by atoms with Gasteiger partial charge in [0.2, 0.25) is 0 Å². The number of ketones is 1. The molecule has 0 aliphatic heterocycles. The van der Waals surface area contributed by atoms with Crippen molar-refractivity contribution in [1.29, 1.82) is 0 Å². The van der Waals surface area contributed by atoms with Gasteiger partial charge in [-0.05, 0) is 23.3 Å². The van der Waals surface area contributed by atoms with E-state index >= 15 is 0 Å². The van der Waals surface area contributed by atoms with Gasteiger partial charge in [0.15, 0.2) is 5.78 Å². The highest BCUT2D eigenvalue weighted by Crippen LogP contribution is 2.18. The van der Waals surface area contributed by atoms with Crippen molar-refractivity contribution >= 4 is 5.78 Å². The monoisotopic (exact) mass is 285 g/mol. The second-order valence-electron chi connectivity index (χ2n) is 4.72. The molecular formula is C17H19NO3. The fraction of sp³-hybridized carbons (Fsp3) is 0.235. The second kappa shape index (κ2) is 7.57. The Morgan fingerprint density at radius 3 is 2.38 bits per heavy atom. The minimum Gasteiger partial charge on any atom is -0.489 e. The zero-order chi connectivity index (χ0) is 15.1. The Labute approximate surface area is 124 Å². The molecule has 0 saturated carbocycles. The lowest BCUT2D eigenvalue weighted by molar-refractivity contribution is -0.124. The number of rotatable bonds is 7. The molecule has 0 radical (unpaired) electrons. The van der Waals surface area contributed by atoms with Crippen molar-refractivity contribution in [3.05, 3.63) is 65.7 Å². The van der Waals surface area contributed by atoms with E-state index in [4.69, 9.17) is 15.2 Å². The topological polar surface area (TPSA) is 61.5 Å². The summed E-state index contributed by atoms with van der Waals surface area (Å²) in [6, 6.07) is 16.5. The van der Waals surface area contributed by atoms with Crippen LogP contribution in [0.25, 0.3) is 0 Å². The molecule has 0 aliphatic rings. The van der Waals surface area contributed by atoms with E-state index in [1.54, 1.807) is 12.1 Å². The summed E-state index contributed by atoms with van der Waals surface area (Å²) in [5, 5.41) is 0. The summed E-state index contributed by atoms with van der Waals surface area (Å²) < 4.78 is 10.5. The van der Waals surface area contributed by atoms with Crippen LogP contribution >= 0.6 is 0 Å². The van der Waals surface area contributed by atoms with Gasteiger partial charge in [-0.15, -0.1) is 0 Å². The molecule has 110 valence electrons. The number of ether oxygens (including phenoxy) is 2. The number of nitrogens with two attached hydrogens (primary N) is 1. The summed E-state index contributed by atoms with van der Waals surface area (Å²) >= 11 is 0. The summed E-state index contributed by atoms with van der Waals surface area (Å²) in [4.78, 5) is 11.7. The van der Waals surface area contributed by atoms with Crippen LogP contribution < -0.4 is 10.5 Å². The molecule has 2 N–H and O–H groups in total. The summed E-state index contributed by atoms with van der Waals surface area (Å²) in [5.41, 5.74) is 7.73. The third-order valence-electron chi connectivity index (χ3n) is 3.12. The molecule has 0 bridgehead atoms. The smallest absolute Gasteiger partial charge is 0.179 e. The minimum absolute atomic E-state index is 0.0213. The minimum atomic E-state index is -0.659. The maximum absolute atomic E-state index is 11.7. The van der Waals surface area contributed by atoms with Gasteiger partial charge < -0.3 is 15.2 Å². The second-order valence-corrected chi connectivity index (χ2v) is 4.72. The molecule has 0 aromatic heterocycles. The van der Waals surface area contributed by atoms with Gasteiger partial charge in [0, 0.05) is 7.11 Å². The quantitative estimate of drug-likeness (QED) is 0.849. The van der Waals surface area contributed by atoms with E-state index in [9.17, 15) is 4.79 Å². The third-order valence-corrected chi connectivity index (χ3v) is 3.12. The van der Waals surface area contributed by atoms with E-state index in [1.807, 2.05) is 42.5 Å². The molecule has 2 aromatic rings. The van der Waals surface area contributed by atoms with Crippen molar-refractivity contribution in [1.82, 2.24) is 0 Å². The fourth-order valence-electron chi connectivity index (χ4n) is 1.93. The average molecular weight is 285 g/mol. The molecule has 21 heavy (non-hydrogen) atoms. The fourth-order valence-corrected chi connectivity index (χ4v) is 1.93. The molecule has 0 fully saturated rings. The molecule has 1 unspecified atom stereocenters. The van der Waals surface area contributed by atoms with Crippen LogP contribution in [0.15, 0.2) is 54.6 Å². The molecule has 0 amide bonds. The van der Waals surface area contributed by atoms with E-state index < -0.39 is 6.04 Å². The van der Waals surface area contributed by atoms with Crippen LogP contribution in [0.5, 0.6) is 5.75 Å². The van der Waals surface area contributed by atoms with Gasteiger partial charge in [-0.25, -0.2) is 0 Å². The number of hydrogen-bond donors (Lipinski definition) is 1. The Hall–Kier alpha value is -2.17. The van der Waals surface area contributed by atoms with Crippen molar-refractivity contribution in [3.63, 3.8) is 0 Å². The SMILES string of the molecule is COCC(=O)C(N)c1ccc(OCc2ccccc2)cc1. The molecular weight excluding hydrogens is 266 g/mol. The van der Waals surface area contributed by atoms with Crippen LogP contribution in [0.2, 0.25) is 0 Å². The first kappa shape index (κ1) is 15.2. The molecule has 0 saturated heterocycles. The first-order chi connectivity index (χ1) is 10.2.